The van der Waals surface area contributed by atoms with Crippen LogP contribution in [0.5, 0.6) is 5.75 Å². The minimum absolute atomic E-state index is 0.485. The van der Waals surface area contributed by atoms with Crippen LogP contribution in [0, 0.1) is 11.3 Å². The summed E-state index contributed by atoms with van der Waals surface area (Å²) in [6, 6.07) is 17.1. The zero-order chi connectivity index (χ0) is 18.8. The fourth-order valence-electron chi connectivity index (χ4n) is 2.50. The molecular weight excluding hydrogens is 326 g/mol. The largest absolute Gasteiger partial charge is 0.455 e. The van der Waals surface area contributed by atoms with Gasteiger partial charge >= 0.3 is 5.97 Å². The summed E-state index contributed by atoms with van der Waals surface area (Å²) in [5.41, 5.74) is 2.67. The van der Waals surface area contributed by atoms with E-state index in [9.17, 15) is 4.79 Å². The van der Waals surface area contributed by atoms with Gasteiger partial charge in [-0.25, -0.2) is 4.79 Å². The molecule has 0 saturated carbocycles. The van der Waals surface area contributed by atoms with Gasteiger partial charge in [0.05, 0.1) is 11.6 Å². The van der Waals surface area contributed by atoms with Gasteiger partial charge < -0.3 is 9.47 Å². The van der Waals surface area contributed by atoms with E-state index in [1.165, 1.54) is 0 Å². The summed E-state index contributed by atoms with van der Waals surface area (Å²) in [6.07, 6.45) is 4.24. The predicted octanol–water partition coefficient (Wildman–Crippen LogP) is 5.24. The number of carbonyl (C=O) groups excluding carboxylic acids is 1. The number of esters is 1. The van der Waals surface area contributed by atoms with E-state index in [1.54, 1.807) is 12.1 Å². The molecule has 0 N–H and O–H groups in total. The smallest absolute Gasteiger partial charge is 0.333 e. The van der Waals surface area contributed by atoms with Gasteiger partial charge in [-0.1, -0.05) is 50.6 Å². The number of benzene rings is 2. The normalized spacial score (nSPS) is 11.2. The third-order valence-corrected chi connectivity index (χ3v) is 3.93. The van der Waals surface area contributed by atoms with E-state index in [-0.39, 0.29) is 0 Å². The van der Waals surface area contributed by atoms with Crippen LogP contribution < -0.4 is 4.74 Å². The Balaban J connectivity index is 2.05. The van der Waals surface area contributed by atoms with Crippen molar-refractivity contribution in [2.75, 3.05) is 0 Å². The number of nitrogens with zero attached hydrogens (tertiary/aromatic N) is 1. The fraction of sp³-hybridized carbons (Fsp3) is 0.273. The van der Waals surface area contributed by atoms with E-state index in [4.69, 9.17) is 14.7 Å². The second kappa shape index (κ2) is 10.0. The maximum atomic E-state index is 11.5. The van der Waals surface area contributed by atoms with Crippen molar-refractivity contribution in [1.29, 1.82) is 5.26 Å². The SMILES string of the molecule is C=CC(=O)OC(CCCCC)Oc1ccc(-c2ccc(C#N)cc2)cc1. The molecule has 0 bridgehead atoms. The zero-order valence-corrected chi connectivity index (χ0v) is 15.0. The van der Waals surface area contributed by atoms with E-state index < -0.39 is 12.3 Å². The molecule has 134 valence electrons. The molecule has 4 nitrogen and oxygen atoms in total. The summed E-state index contributed by atoms with van der Waals surface area (Å²) in [5, 5.41) is 8.87. The molecule has 0 amide bonds. The Morgan fingerprint density at radius 2 is 1.73 bits per heavy atom. The first kappa shape index (κ1) is 19.3. The minimum atomic E-state index is -0.618. The Kier molecular flexibility index (Phi) is 7.45. The van der Waals surface area contributed by atoms with Gasteiger partial charge in [-0.2, -0.15) is 5.26 Å². The predicted molar refractivity (Wildman–Crippen MR) is 101 cm³/mol. The lowest BCUT2D eigenvalue weighted by molar-refractivity contribution is -0.158. The summed E-state index contributed by atoms with van der Waals surface area (Å²) in [4.78, 5) is 11.5. The molecule has 2 aromatic carbocycles. The molecule has 2 rings (SSSR count). The molecule has 0 saturated heterocycles. The Morgan fingerprint density at radius 1 is 1.12 bits per heavy atom. The van der Waals surface area contributed by atoms with Crippen LogP contribution in [0.1, 0.15) is 38.2 Å². The van der Waals surface area contributed by atoms with E-state index in [0.29, 0.717) is 17.7 Å². The van der Waals surface area contributed by atoms with Crippen LogP contribution in [0.2, 0.25) is 0 Å². The quantitative estimate of drug-likeness (QED) is 0.269. The van der Waals surface area contributed by atoms with Crippen molar-refractivity contribution in [3.8, 4) is 22.9 Å². The highest BCUT2D eigenvalue weighted by molar-refractivity contribution is 5.81. The molecule has 2 aromatic rings. The summed E-state index contributed by atoms with van der Waals surface area (Å²) < 4.78 is 11.1. The van der Waals surface area contributed by atoms with E-state index in [2.05, 4.69) is 19.6 Å². The van der Waals surface area contributed by atoms with Crippen LogP contribution in [-0.2, 0) is 9.53 Å². The van der Waals surface area contributed by atoms with Crippen molar-refractivity contribution >= 4 is 5.97 Å². The molecular formula is C22H23NO3. The third-order valence-electron chi connectivity index (χ3n) is 3.93. The summed E-state index contributed by atoms with van der Waals surface area (Å²) >= 11 is 0. The highest BCUT2D eigenvalue weighted by Crippen LogP contribution is 2.24. The molecule has 26 heavy (non-hydrogen) atoms. The molecule has 0 aliphatic heterocycles. The number of carbonyl (C=O) groups is 1. The van der Waals surface area contributed by atoms with Gasteiger partial charge in [-0.3, -0.25) is 0 Å². The van der Waals surface area contributed by atoms with Crippen LogP contribution in [0.25, 0.3) is 11.1 Å². The van der Waals surface area contributed by atoms with E-state index in [0.717, 1.165) is 36.5 Å². The number of nitriles is 1. The number of hydrogen-bond acceptors (Lipinski definition) is 4. The third kappa shape index (κ3) is 5.78. The first-order valence-electron chi connectivity index (χ1n) is 8.76. The van der Waals surface area contributed by atoms with Crippen molar-refractivity contribution in [1.82, 2.24) is 0 Å². The molecule has 1 atom stereocenters. The van der Waals surface area contributed by atoms with Crippen LogP contribution in [0.3, 0.4) is 0 Å². The second-order valence-electron chi connectivity index (χ2n) is 5.90. The van der Waals surface area contributed by atoms with Crippen molar-refractivity contribution < 1.29 is 14.3 Å². The molecule has 0 heterocycles. The summed E-state index contributed by atoms with van der Waals surface area (Å²) in [7, 11) is 0. The Labute approximate surface area is 154 Å². The monoisotopic (exact) mass is 349 g/mol. The molecule has 0 aliphatic rings. The van der Waals surface area contributed by atoms with Crippen LogP contribution in [0.4, 0.5) is 0 Å². The first-order valence-corrected chi connectivity index (χ1v) is 8.76. The van der Waals surface area contributed by atoms with Gasteiger partial charge in [0.15, 0.2) is 0 Å². The van der Waals surface area contributed by atoms with Gasteiger partial charge in [-0.15, -0.1) is 0 Å². The first-order chi connectivity index (χ1) is 12.7. The van der Waals surface area contributed by atoms with Crippen molar-refractivity contribution in [2.45, 2.75) is 38.9 Å². The van der Waals surface area contributed by atoms with E-state index in [1.807, 2.05) is 36.4 Å². The topological polar surface area (TPSA) is 59.3 Å². The molecule has 1 unspecified atom stereocenters. The lowest BCUT2D eigenvalue weighted by Crippen LogP contribution is -2.23. The van der Waals surface area contributed by atoms with Crippen LogP contribution in [-0.4, -0.2) is 12.3 Å². The Bertz CT molecular complexity index is 757. The van der Waals surface area contributed by atoms with Crippen LogP contribution in [0.15, 0.2) is 61.2 Å². The zero-order valence-electron chi connectivity index (χ0n) is 15.0. The number of hydrogen-bond donors (Lipinski definition) is 0. The molecule has 0 aliphatic carbocycles. The maximum absolute atomic E-state index is 11.5. The maximum Gasteiger partial charge on any atom is 0.333 e. The fourth-order valence-corrected chi connectivity index (χ4v) is 2.50. The number of ether oxygens (including phenoxy) is 2. The lowest BCUT2D eigenvalue weighted by atomic mass is 10.0. The lowest BCUT2D eigenvalue weighted by Gasteiger charge is -2.19. The highest BCUT2D eigenvalue weighted by atomic mass is 16.7. The average Bonchev–Trinajstić information content (AvgIpc) is 2.68. The van der Waals surface area contributed by atoms with Gasteiger partial charge in [-0.05, 0) is 41.8 Å². The molecule has 0 fully saturated rings. The minimum Gasteiger partial charge on any atom is -0.455 e. The Morgan fingerprint density at radius 3 is 2.27 bits per heavy atom. The average molecular weight is 349 g/mol. The summed E-state index contributed by atoms with van der Waals surface area (Å²) in [5.74, 6) is 0.154. The number of unbranched alkanes of at least 4 members (excludes halogenated alkanes) is 2. The molecule has 0 aromatic heterocycles. The van der Waals surface area contributed by atoms with Gasteiger partial charge in [0.1, 0.15) is 5.75 Å². The summed E-state index contributed by atoms with van der Waals surface area (Å²) in [6.45, 7) is 5.54. The van der Waals surface area contributed by atoms with Crippen molar-refractivity contribution in [2.24, 2.45) is 0 Å². The second-order valence-corrected chi connectivity index (χ2v) is 5.90. The van der Waals surface area contributed by atoms with Crippen molar-refractivity contribution in [3.05, 3.63) is 66.7 Å². The highest BCUT2D eigenvalue weighted by Gasteiger charge is 2.14. The van der Waals surface area contributed by atoms with Gasteiger partial charge in [0, 0.05) is 12.5 Å². The molecule has 0 radical (unpaired) electrons. The Hall–Kier alpha value is -3.06. The van der Waals surface area contributed by atoms with Gasteiger partial charge in [0.25, 0.3) is 0 Å². The van der Waals surface area contributed by atoms with Crippen molar-refractivity contribution in [3.63, 3.8) is 0 Å². The molecule has 0 spiro atoms. The van der Waals surface area contributed by atoms with Gasteiger partial charge in [0.2, 0.25) is 6.29 Å². The van der Waals surface area contributed by atoms with E-state index >= 15 is 0 Å². The number of rotatable bonds is 9. The standard InChI is InChI=1S/C22H23NO3/c1-3-5-6-7-22(26-21(24)4-2)25-20-14-12-19(13-15-20)18-10-8-17(16-23)9-11-18/h4,8-15,22H,2-3,5-7H2,1H3. The molecule has 4 heteroatoms. The van der Waals surface area contributed by atoms with Crippen LogP contribution >= 0.6 is 0 Å².